The zero-order chi connectivity index (χ0) is 15.9. The second-order valence-corrected chi connectivity index (χ2v) is 4.98. The van der Waals surface area contributed by atoms with Crippen LogP contribution in [0.5, 0.6) is 0 Å². The first kappa shape index (κ1) is 14.7. The van der Waals surface area contributed by atoms with Gasteiger partial charge in [0.2, 0.25) is 5.91 Å². The number of para-hydroxylation sites is 1. The van der Waals surface area contributed by atoms with Gasteiger partial charge in [-0.15, -0.1) is 0 Å². The molecular weight excluding hydrogens is 288 g/mol. The third-order valence-electron chi connectivity index (χ3n) is 3.30. The zero-order valence-electron chi connectivity index (χ0n) is 12.5. The largest absolute Gasteiger partial charge is 0.322 e. The lowest BCUT2D eigenvalue weighted by molar-refractivity contribution is -0.111. The van der Waals surface area contributed by atoms with Gasteiger partial charge < -0.3 is 5.32 Å². The number of aromatic nitrogens is 3. The van der Waals surface area contributed by atoms with Crippen molar-refractivity contribution < 1.29 is 4.79 Å². The molecule has 5 nitrogen and oxygen atoms in total. The first-order valence-corrected chi connectivity index (χ1v) is 7.26. The van der Waals surface area contributed by atoms with Crippen molar-refractivity contribution in [2.45, 2.75) is 6.54 Å². The minimum absolute atomic E-state index is 0.167. The number of nitrogens with zero attached hydrogens (tertiary/aromatic N) is 3. The summed E-state index contributed by atoms with van der Waals surface area (Å²) in [5.41, 5.74) is 2.73. The van der Waals surface area contributed by atoms with Crippen molar-refractivity contribution in [2.24, 2.45) is 0 Å². The summed E-state index contributed by atoms with van der Waals surface area (Å²) in [4.78, 5) is 16.0. The first-order chi connectivity index (χ1) is 11.3. The number of amides is 1. The highest BCUT2D eigenvalue weighted by Gasteiger charge is 2.05. The molecule has 0 aliphatic rings. The minimum atomic E-state index is -0.167. The Morgan fingerprint density at radius 3 is 2.65 bits per heavy atom. The first-order valence-electron chi connectivity index (χ1n) is 7.26. The maximum atomic E-state index is 12.1. The van der Waals surface area contributed by atoms with Gasteiger partial charge in [-0.3, -0.25) is 4.79 Å². The zero-order valence-corrected chi connectivity index (χ0v) is 12.5. The van der Waals surface area contributed by atoms with Crippen molar-refractivity contribution in [2.75, 3.05) is 5.32 Å². The van der Waals surface area contributed by atoms with Crippen LogP contribution in [-0.4, -0.2) is 20.7 Å². The van der Waals surface area contributed by atoms with E-state index in [1.54, 1.807) is 17.1 Å². The average Bonchev–Trinajstić information content (AvgIpc) is 3.09. The van der Waals surface area contributed by atoms with Gasteiger partial charge >= 0.3 is 0 Å². The molecule has 0 fully saturated rings. The molecule has 3 rings (SSSR count). The SMILES string of the molecule is O=C(C=Cc1ccccc1)Nc1ccccc1Cn1cncn1. The van der Waals surface area contributed by atoms with Gasteiger partial charge in [0.25, 0.3) is 0 Å². The normalized spacial score (nSPS) is 10.8. The highest BCUT2D eigenvalue weighted by Crippen LogP contribution is 2.16. The van der Waals surface area contributed by atoms with Crippen LogP contribution in [0.25, 0.3) is 6.08 Å². The summed E-state index contributed by atoms with van der Waals surface area (Å²) < 4.78 is 1.71. The minimum Gasteiger partial charge on any atom is -0.322 e. The van der Waals surface area contributed by atoms with Crippen LogP contribution >= 0.6 is 0 Å². The molecule has 1 N–H and O–H groups in total. The Kier molecular flexibility index (Phi) is 4.59. The molecule has 3 aromatic rings. The number of rotatable bonds is 5. The van der Waals surface area contributed by atoms with E-state index < -0.39 is 0 Å². The van der Waals surface area contributed by atoms with Gasteiger partial charge in [-0.05, 0) is 23.3 Å². The molecule has 0 aliphatic heterocycles. The van der Waals surface area contributed by atoms with Gasteiger partial charge in [-0.25, -0.2) is 9.67 Å². The Bertz CT molecular complexity index is 795. The Morgan fingerprint density at radius 1 is 1.09 bits per heavy atom. The Morgan fingerprint density at radius 2 is 1.87 bits per heavy atom. The maximum absolute atomic E-state index is 12.1. The smallest absolute Gasteiger partial charge is 0.248 e. The molecule has 0 atom stereocenters. The van der Waals surface area contributed by atoms with E-state index in [4.69, 9.17) is 0 Å². The predicted octanol–water partition coefficient (Wildman–Crippen LogP) is 2.98. The van der Waals surface area contributed by atoms with Gasteiger partial charge in [-0.2, -0.15) is 5.10 Å². The summed E-state index contributed by atoms with van der Waals surface area (Å²) in [6, 6.07) is 17.4. The van der Waals surface area contributed by atoms with Gasteiger partial charge in [0.15, 0.2) is 0 Å². The topological polar surface area (TPSA) is 59.8 Å². The summed E-state index contributed by atoms with van der Waals surface area (Å²) in [6.07, 6.45) is 6.45. The molecule has 0 unspecified atom stereocenters. The molecule has 0 aliphatic carbocycles. The van der Waals surface area contributed by atoms with E-state index >= 15 is 0 Å². The molecule has 0 radical (unpaired) electrons. The van der Waals surface area contributed by atoms with Crippen molar-refractivity contribution in [3.63, 3.8) is 0 Å². The van der Waals surface area contributed by atoms with Crippen LogP contribution < -0.4 is 5.32 Å². The van der Waals surface area contributed by atoms with Crippen molar-refractivity contribution in [1.82, 2.24) is 14.8 Å². The average molecular weight is 304 g/mol. The molecule has 1 amide bonds. The number of hydrogen-bond acceptors (Lipinski definition) is 3. The van der Waals surface area contributed by atoms with E-state index in [2.05, 4.69) is 15.4 Å². The van der Waals surface area contributed by atoms with E-state index in [9.17, 15) is 4.79 Å². The van der Waals surface area contributed by atoms with Gasteiger partial charge in [0.1, 0.15) is 12.7 Å². The molecule has 5 heteroatoms. The Hall–Kier alpha value is -3.21. The summed E-state index contributed by atoms with van der Waals surface area (Å²) >= 11 is 0. The molecule has 0 bridgehead atoms. The number of nitrogens with one attached hydrogen (secondary N) is 1. The van der Waals surface area contributed by atoms with Gasteiger partial charge in [-0.1, -0.05) is 48.5 Å². The van der Waals surface area contributed by atoms with E-state index in [0.717, 1.165) is 16.8 Å². The van der Waals surface area contributed by atoms with Crippen LogP contribution in [0.3, 0.4) is 0 Å². The van der Waals surface area contributed by atoms with Crippen LogP contribution in [0.1, 0.15) is 11.1 Å². The van der Waals surface area contributed by atoms with Crippen LogP contribution in [0.2, 0.25) is 0 Å². The van der Waals surface area contributed by atoms with Crippen molar-refractivity contribution in [3.05, 3.63) is 84.5 Å². The van der Waals surface area contributed by atoms with Crippen LogP contribution in [0.15, 0.2) is 73.3 Å². The van der Waals surface area contributed by atoms with Crippen molar-refractivity contribution in [3.8, 4) is 0 Å². The van der Waals surface area contributed by atoms with E-state index in [1.807, 2.05) is 54.6 Å². The number of anilines is 1. The summed E-state index contributed by atoms with van der Waals surface area (Å²) in [5, 5.41) is 6.99. The van der Waals surface area contributed by atoms with Gasteiger partial charge in [0, 0.05) is 11.8 Å². The third kappa shape index (κ3) is 4.14. The molecule has 1 aromatic heterocycles. The lowest BCUT2D eigenvalue weighted by Gasteiger charge is -2.09. The van der Waals surface area contributed by atoms with Gasteiger partial charge in [0.05, 0.1) is 6.54 Å². The molecular formula is C18H16N4O. The van der Waals surface area contributed by atoms with Crippen molar-refractivity contribution in [1.29, 1.82) is 0 Å². The molecule has 23 heavy (non-hydrogen) atoms. The fraction of sp³-hybridized carbons (Fsp3) is 0.0556. The summed E-state index contributed by atoms with van der Waals surface area (Å²) in [7, 11) is 0. The second kappa shape index (κ2) is 7.17. The standard InChI is InChI=1S/C18H16N4O/c23-18(11-10-15-6-2-1-3-7-15)21-17-9-5-4-8-16(17)12-22-14-19-13-20-22/h1-11,13-14H,12H2,(H,21,23). The van der Waals surface area contributed by atoms with E-state index in [0.29, 0.717) is 6.54 Å². The molecule has 114 valence electrons. The number of carbonyl (C=O) groups is 1. The molecule has 0 spiro atoms. The second-order valence-electron chi connectivity index (χ2n) is 4.98. The monoisotopic (exact) mass is 304 g/mol. The molecule has 2 aromatic carbocycles. The molecule has 0 saturated carbocycles. The summed E-state index contributed by atoms with van der Waals surface area (Å²) in [5.74, 6) is -0.167. The molecule has 0 saturated heterocycles. The van der Waals surface area contributed by atoms with Crippen LogP contribution in [-0.2, 0) is 11.3 Å². The molecule has 1 heterocycles. The predicted molar refractivity (Wildman–Crippen MR) is 89.7 cm³/mol. The lowest BCUT2D eigenvalue weighted by atomic mass is 10.1. The lowest BCUT2D eigenvalue weighted by Crippen LogP contribution is -2.11. The number of hydrogen-bond donors (Lipinski definition) is 1. The maximum Gasteiger partial charge on any atom is 0.248 e. The fourth-order valence-corrected chi connectivity index (χ4v) is 2.18. The highest BCUT2D eigenvalue weighted by atomic mass is 16.1. The number of benzene rings is 2. The Labute approximate surface area is 134 Å². The van der Waals surface area contributed by atoms with Crippen LogP contribution in [0, 0.1) is 0 Å². The summed E-state index contributed by atoms with van der Waals surface area (Å²) in [6.45, 7) is 0.554. The number of carbonyl (C=O) groups excluding carboxylic acids is 1. The Balaban J connectivity index is 1.70. The fourth-order valence-electron chi connectivity index (χ4n) is 2.18. The van der Waals surface area contributed by atoms with Crippen molar-refractivity contribution >= 4 is 17.7 Å². The highest BCUT2D eigenvalue weighted by molar-refractivity contribution is 6.02. The quantitative estimate of drug-likeness (QED) is 0.737. The van der Waals surface area contributed by atoms with E-state index in [1.165, 1.54) is 12.4 Å². The van der Waals surface area contributed by atoms with E-state index in [-0.39, 0.29) is 5.91 Å². The van der Waals surface area contributed by atoms with Crippen LogP contribution in [0.4, 0.5) is 5.69 Å². The third-order valence-corrected chi connectivity index (χ3v) is 3.30.